The van der Waals surface area contributed by atoms with E-state index in [-0.39, 0.29) is 19.3 Å². The van der Waals surface area contributed by atoms with E-state index in [1.165, 1.54) is 161 Å². The second-order valence-electron chi connectivity index (χ2n) is 31.4. The van der Waals surface area contributed by atoms with Crippen molar-refractivity contribution in [2.45, 2.75) is 411 Å². The number of phosphoric ester groups is 2. The van der Waals surface area contributed by atoms with Crippen molar-refractivity contribution in [3.8, 4) is 0 Å². The van der Waals surface area contributed by atoms with Crippen LogP contribution in [0.15, 0.2) is 170 Å². The Morgan fingerprint density at radius 2 is 0.445 bits per heavy atom. The molecule has 0 rings (SSSR count). The number of allylic oxidation sites excluding steroid dienone is 28. The summed E-state index contributed by atoms with van der Waals surface area (Å²) in [7, 11) is -9.82. The summed E-state index contributed by atoms with van der Waals surface area (Å²) in [6.45, 7) is 2.45. The van der Waals surface area contributed by atoms with Crippen LogP contribution in [0.3, 0.4) is 0 Å². The van der Waals surface area contributed by atoms with Gasteiger partial charge in [0.2, 0.25) is 0 Å². The van der Waals surface area contributed by atoms with Crippen LogP contribution < -0.4 is 0 Å². The molecule has 0 saturated heterocycles. The van der Waals surface area contributed by atoms with Gasteiger partial charge in [-0.3, -0.25) is 32.5 Å². The van der Waals surface area contributed by atoms with E-state index in [9.17, 15) is 43.5 Å². The Hall–Kier alpha value is -5.09. The molecule has 0 bridgehead atoms. The van der Waals surface area contributed by atoms with Crippen LogP contribution in [0.4, 0.5) is 0 Å². The average molecular weight is 1700 g/mol. The summed E-state index contributed by atoms with van der Waals surface area (Å²) >= 11 is 0. The molecule has 0 aliphatic heterocycles. The standard InChI is InChI=1S/C101H172O16P2/c1-4-7-10-13-16-19-22-25-28-31-34-37-39-41-43-44-45-46-47-48-49-50-52-54-55-58-60-63-66-69-72-75-78-81-84-87-99(104)111-90-96(102)91-113-118(107,108)114-92-97(103)93-115-119(109,110)116-95-98(117-101(106)89-86-83-80-77-74-71-68-65-62-57-36-33-30-27-24-21-18-15-12-9-6-3)94-112-100(105)88-85-82-79-76-73-70-67-64-61-59-56-53-51-42-40-38-35-32-29-26-23-20-17-14-11-8-5-2/h7-8,10-11,16-21,25-30,34-38,41-43,51,57,65,68,96-98,102-103H,4-6,9,12-15,22-24,31-33,39-40,44-50,52-56,58-64,66-67,69-95H2,1-3H3,(H,107,108)(H,109,110)/b10-7-,11-8-,19-16-,20-17-,21-18-,28-25-,29-26-,30-27-,37-34-,38-35-,43-41-,51-42-,57-36-,68-65-. The van der Waals surface area contributed by atoms with Crippen molar-refractivity contribution in [1.29, 1.82) is 0 Å². The van der Waals surface area contributed by atoms with Gasteiger partial charge in [-0.15, -0.1) is 0 Å². The number of esters is 3. The molecule has 682 valence electrons. The SMILES string of the molecule is CC/C=C\C/C=C\C/C=C\C/C=C\C/C=C\CCCCCCCCCCCCCCCCCCCCCC(=O)OCC(O)COP(=O)(O)OCC(O)COP(=O)(O)OCC(COC(=O)CCCCCCCCCCCCC/C=C\C/C=C\C/C=C\C/C=C\C/C=C\CC)OC(=O)CCCCCCC/C=C\C/C=C\C/C=C\C/C=C\CCCCC. The lowest BCUT2D eigenvalue weighted by Gasteiger charge is -2.21. The normalized spacial score (nSPS) is 14.5. The van der Waals surface area contributed by atoms with Crippen LogP contribution in [0.2, 0.25) is 0 Å². The summed E-state index contributed by atoms with van der Waals surface area (Å²) in [5, 5.41) is 20.8. The zero-order valence-corrected chi connectivity index (χ0v) is 77.0. The first-order valence-electron chi connectivity index (χ1n) is 47.4. The summed E-state index contributed by atoms with van der Waals surface area (Å²) < 4.78 is 61.5. The predicted octanol–water partition coefficient (Wildman–Crippen LogP) is 29.4. The van der Waals surface area contributed by atoms with E-state index in [1.54, 1.807) is 0 Å². The number of ether oxygens (including phenoxy) is 3. The second kappa shape index (κ2) is 92.1. The van der Waals surface area contributed by atoms with Gasteiger partial charge in [-0.2, -0.15) is 0 Å². The Morgan fingerprint density at radius 3 is 0.706 bits per heavy atom. The van der Waals surface area contributed by atoms with Crippen molar-refractivity contribution in [3.05, 3.63) is 170 Å². The number of unbranched alkanes of at least 4 members (excludes halogenated alkanes) is 38. The van der Waals surface area contributed by atoms with Gasteiger partial charge in [0.15, 0.2) is 6.10 Å². The Morgan fingerprint density at radius 1 is 0.244 bits per heavy atom. The molecule has 0 aliphatic rings. The molecule has 0 aromatic rings. The third-order valence-electron chi connectivity index (χ3n) is 19.9. The first kappa shape index (κ1) is 114. The van der Waals surface area contributed by atoms with E-state index < -0.39 is 91.5 Å². The maximum absolute atomic E-state index is 13.1. The molecule has 0 aromatic heterocycles. The van der Waals surface area contributed by atoms with Gasteiger partial charge in [0.1, 0.15) is 25.4 Å². The van der Waals surface area contributed by atoms with Gasteiger partial charge >= 0.3 is 33.6 Å². The quantitative estimate of drug-likeness (QED) is 0.0146. The van der Waals surface area contributed by atoms with Crippen molar-refractivity contribution in [2.24, 2.45) is 0 Å². The summed E-state index contributed by atoms with van der Waals surface area (Å²) in [4.78, 5) is 59.0. The minimum Gasteiger partial charge on any atom is -0.463 e. The van der Waals surface area contributed by atoms with E-state index in [1.807, 2.05) is 0 Å². The Labute approximate surface area is 726 Å². The van der Waals surface area contributed by atoms with Crippen LogP contribution in [0.5, 0.6) is 0 Å². The van der Waals surface area contributed by atoms with Crippen molar-refractivity contribution >= 4 is 33.6 Å². The summed E-state index contributed by atoms with van der Waals surface area (Å²) in [6, 6.07) is 0. The summed E-state index contributed by atoms with van der Waals surface area (Å²) in [5.74, 6) is -1.59. The minimum atomic E-state index is -4.95. The van der Waals surface area contributed by atoms with E-state index in [0.29, 0.717) is 19.3 Å². The van der Waals surface area contributed by atoms with Crippen LogP contribution in [0, 0.1) is 0 Å². The molecule has 4 N–H and O–H groups in total. The lowest BCUT2D eigenvalue weighted by atomic mass is 10.0. The predicted molar refractivity (Wildman–Crippen MR) is 500 cm³/mol. The van der Waals surface area contributed by atoms with Crippen molar-refractivity contribution < 1.29 is 75.8 Å². The fourth-order valence-corrected chi connectivity index (χ4v) is 14.4. The van der Waals surface area contributed by atoms with Gasteiger partial charge in [0, 0.05) is 19.3 Å². The van der Waals surface area contributed by atoms with Gasteiger partial charge in [-0.1, -0.05) is 390 Å². The fraction of sp³-hybridized carbons (Fsp3) is 0.693. The van der Waals surface area contributed by atoms with Crippen LogP contribution in [0.1, 0.15) is 393 Å². The molecule has 5 unspecified atom stereocenters. The number of hydrogen-bond acceptors (Lipinski definition) is 14. The lowest BCUT2D eigenvalue weighted by molar-refractivity contribution is -0.161. The maximum atomic E-state index is 13.1. The topological polar surface area (TPSA) is 231 Å². The molecule has 0 aromatic carbocycles. The fourth-order valence-electron chi connectivity index (χ4n) is 12.8. The van der Waals surface area contributed by atoms with E-state index in [4.69, 9.17) is 32.3 Å². The highest BCUT2D eigenvalue weighted by Crippen LogP contribution is 2.45. The number of carbonyl (C=O) groups is 3. The van der Waals surface area contributed by atoms with Gasteiger partial charge in [0.25, 0.3) is 0 Å². The number of aliphatic hydroxyl groups excluding tert-OH is 2. The molecule has 0 amide bonds. The molecule has 18 heteroatoms. The average Bonchev–Trinajstić information content (AvgIpc) is 0.905. The molecule has 0 aliphatic carbocycles. The van der Waals surface area contributed by atoms with Gasteiger partial charge < -0.3 is 34.2 Å². The van der Waals surface area contributed by atoms with Crippen molar-refractivity contribution in [2.75, 3.05) is 39.6 Å². The minimum absolute atomic E-state index is 0.0793. The summed E-state index contributed by atoms with van der Waals surface area (Å²) in [6.07, 6.45) is 120. The van der Waals surface area contributed by atoms with Gasteiger partial charge in [-0.25, -0.2) is 9.13 Å². The number of aliphatic hydroxyl groups is 2. The summed E-state index contributed by atoms with van der Waals surface area (Å²) in [5.41, 5.74) is 0. The monoisotopic (exact) mass is 1700 g/mol. The molecule has 16 nitrogen and oxygen atoms in total. The van der Waals surface area contributed by atoms with E-state index in [2.05, 4.69) is 191 Å². The molecule has 0 fully saturated rings. The van der Waals surface area contributed by atoms with Crippen LogP contribution in [0.25, 0.3) is 0 Å². The maximum Gasteiger partial charge on any atom is 0.472 e. The van der Waals surface area contributed by atoms with Crippen molar-refractivity contribution in [3.63, 3.8) is 0 Å². The molecule has 0 radical (unpaired) electrons. The van der Waals surface area contributed by atoms with Gasteiger partial charge in [0.05, 0.1) is 26.4 Å². The highest BCUT2D eigenvalue weighted by molar-refractivity contribution is 7.47. The zero-order chi connectivity index (χ0) is 86.5. The van der Waals surface area contributed by atoms with E-state index in [0.717, 1.165) is 173 Å². The number of hydrogen-bond donors (Lipinski definition) is 4. The van der Waals surface area contributed by atoms with Crippen molar-refractivity contribution in [1.82, 2.24) is 0 Å². The first-order chi connectivity index (χ1) is 58.2. The highest BCUT2D eigenvalue weighted by Gasteiger charge is 2.30. The molecule has 119 heavy (non-hydrogen) atoms. The molecular formula is C101H172O16P2. The Balaban J connectivity index is 4.54. The smallest absolute Gasteiger partial charge is 0.463 e. The largest absolute Gasteiger partial charge is 0.472 e. The van der Waals surface area contributed by atoms with Crippen LogP contribution >= 0.6 is 15.6 Å². The molecular weight excluding hydrogens is 1530 g/mol. The molecule has 0 saturated carbocycles. The third-order valence-corrected chi connectivity index (χ3v) is 21.8. The van der Waals surface area contributed by atoms with Gasteiger partial charge in [-0.05, 0) is 154 Å². The molecule has 0 heterocycles. The number of carbonyl (C=O) groups excluding carboxylic acids is 3. The molecule has 0 spiro atoms. The third kappa shape index (κ3) is 93.5. The Bertz CT molecular complexity index is 2840. The first-order valence-corrected chi connectivity index (χ1v) is 50.4. The zero-order valence-electron chi connectivity index (χ0n) is 75.2. The Kier molecular flexibility index (Phi) is 88.2. The van der Waals surface area contributed by atoms with Crippen LogP contribution in [-0.4, -0.2) is 95.9 Å². The lowest BCUT2D eigenvalue weighted by Crippen LogP contribution is -2.30. The van der Waals surface area contributed by atoms with Crippen LogP contribution in [-0.2, 0) is 55.8 Å². The number of phosphoric acid groups is 2. The van der Waals surface area contributed by atoms with E-state index >= 15 is 0 Å². The molecule has 5 atom stereocenters. The highest BCUT2D eigenvalue weighted by atomic mass is 31.2. The number of rotatable bonds is 89. The second-order valence-corrected chi connectivity index (χ2v) is 34.3.